The van der Waals surface area contributed by atoms with Crippen LogP contribution in [0.5, 0.6) is 0 Å². The number of ether oxygens (including phenoxy) is 1. The van der Waals surface area contributed by atoms with Crippen molar-refractivity contribution in [2.24, 2.45) is 0 Å². The minimum absolute atomic E-state index is 0.170. The van der Waals surface area contributed by atoms with Gasteiger partial charge in [-0.05, 0) is 27.2 Å². The molecular formula is C19H23N3O2. The first-order valence-corrected chi connectivity index (χ1v) is 8.19. The molecule has 1 atom stereocenters. The van der Waals surface area contributed by atoms with Crippen molar-refractivity contribution in [3.05, 3.63) is 54.5 Å². The predicted octanol–water partition coefficient (Wildman–Crippen LogP) is 4.08. The standard InChI is InChI=1S/C19H23N3O2/c1-19(2,3)24-18(23)21-15-11-7-8-12-22-13-20-16(17(15)22)14-9-5-4-6-10-14/h4-10,13,15H,11-12H2,1-3H3,(H,21,23). The second-order valence-corrected chi connectivity index (χ2v) is 6.90. The molecule has 1 N–H and O–H groups in total. The fourth-order valence-corrected chi connectivity index (χ4v) is 2.83. The van der Waals surface area contributed by atoms with E-state index in [4.69, 9.17) is 4.74 Å². The number of fused-ring (bicyclic) bond motifs is 1. The third kappa shape index (κ3) is 3.67. The first-order chi connectivity index (χ1) is 11.4. The second-order valence-electron chi connectivity index (χ2n) is 6.90. The number of amides is 1. The van der Waals surface area contributed by atoms with Crippen LogP contribution in [-0.4, -0.2) is 21.2 Å². The number of benzene rings is 1. The van der Waals surface area contributed by atoms with Gasteiger partial charge in [0.2, 0.25) is 0 Å². The monoisotopic (exact) mass is 325 g/mol. The first-order valence-electron chi connectivity index (χ1n) is 8.19. The molecule has 1 aliphatic rings. The van der Waals surface area contributed by atoms with Gasteiger partial charge in [0.15, 0.2) is 0 Å². The SMILES string of the molecule is CC(C)(C)OC(=O)NC1CC=CCn2cnc(-c3ccccc3)c21. The molecule has 1 aromatic carbocycles. The molecule has 1 aliphatic heterocycles. The Kier molecular flexibility index (Phi) is 4.42. The molecule has 5 heteroatoms. The van der Waals surface area contributed by atoms with Gasteiger partial charge in [-0.2, -0.15) is 0 Å². The van der Waals surface area contributed by atoms with Gasteiger partial charge in [-0.1, -0.05) is 42.5 Å². The van der Waals surface area contributed by atoms with Crippen LogP contribution in [0.2, 0.25) is 0 Å². The number of hydrogen-bond acceptors (Lipinski definition) is 3. The molecule has 0 aliphatic carbocycles. The smallest absolute Gasteiger partial charge is 0.408 e. The highest BCUT2D eigenvalue weighted by Gasteiger charge is 2.26. The fourth-order valence-electron chi connectivity index (χ4n) is 2.83. The summed E-state index contributed by atoms with van der Waals surface area (Å²) in [6.07, 6.45) is 6.32. The number of nitrogens with zero attached hydrogens (tertiary/aromatic N) is 2. The number of aromatic nitrogens is 2. The molecule has 3 rings (SSSR count). The van der Waals surface area contributed by atoms with Crippen LogP contribution in [0.25, 0.3) is 11.3 Å². The predicted molar refractivity (Wildman–Crippen MR) is 93.5 cm³/mol. The third-order valence-electron chi connectivity index (χ3n) is 3.79. The Morgan fingerprint density at radius 2 is 2.00 bits per heavy atom. The van der Waals surface area contributed by atoms with E-state index in [1.807, 2.05) is 57.4 Å². The zero-order valence-electron chi connectivity index (χ0n) is 14.3. The average molecular weight is 325 g/mol. The number of rotatable bonds is 2. The number of allylic oxidation sites excluding steroid dienone is 1. The van der Waals surface area contributed by atoms with Crippen LogP contribution in [0.4, 0.5) is 4.79 Å². The maximum absolute atomic E-state index is 12.2. The zero-order chi connectivity index (χ0) is 17.2. The van der Waals surface area contributed by atoms with Crippen molar-refractivity contribution >= 4 is 6.09 Å². The highest BCUT2D eigenvalue weighted by molar-refractivity contribution is 5.70. The number of nitrogens with one attached hydrogen (secondary N) is 1. The van der Waals surface area contributed by atoms with Crippen LogP contribution >= 0.6 is 0 Å². The van der Waals surface area contributed by atoms with E-state index in [0.717, 1.165) is 23.5 Å². The Morgan fingerprint density at radius 3 is 2.71 bits per heavy atom. The van der Waals surface area contributed by atoms with Gasteiger partial charge in [-0.15, -0.1) is 0 Å². The van der Waals surface area contributed by atoms with E-state index in [0.29, 0.717) is 6.42 Å². The number of imidazole rings is 1. The van der Waals surface area contributed by atoms with Crippen LogP contribution in [0.1, 0.15) is 38.9 Å². The van der Waals surface area contributed by atoms with Crippen LogP contribution in [0, 0.1) is 0 Å². The molecular weight excluding hydrogens is 302 g/mol. The number of hydrogen-bond donors (Lipinski definition) is 1. The van der Waals surface area contributed by atoms with Gasteiger partial charge in [0.05, 0.1) is 23.8 Å². The average Bonchev–Trinajstić information content (AvgIpc) is 2.84. The molecule has 5 nitrogen and oxygen atoms in total. The highest BCUT2D eigenvalue weighted by atomic mass is 16.6. The topological polar surface area (TPSA) is 56.1 Å². The van der Waals surface area contributed by atoms with Gasteiger partial charge in [-0.25, -0.2) is 9.78 Å². The van der Waals surface area contributed by atoms with Crippen molar-refractivity contribution in [2.75, 3.05) is 0 Å². The molecule has 126 valence electrons. The maximum Gasteiger partial charge on any atom is 0.408 e. The van der Waals surface area contributed by atoms with Gasteiger partial charge in [0.25, 0.3) is 0 Å². The third-order valence-corrected chi connectivity index (χ3v) is 3.79. The van der Waals surface area contributed by atoms with E-state index in [2.05, 4.69) is 27.0 Å². The minimum atomic E-state index is -0.521. The molecule has 1 amide bonds. The molecule has 0 radical (unpaired) electrons. The summed E-state index contributed by atoms with van der Waals surface area (Å²) >= 11 is 0. The van der Waals surface area contributed by atoms with E-state index in [1.165, 1.54) is 0 Å². The highest BCUT2D eigenvalue weighted by Crippen LogP contribution is 2.31. The lowest BCUT2D eigenvalue weighted by molar-refractivity contribution is 0.0502. The van der Waals surface area contributed by atoms with Crippen molar-refractivity contribution in [3.8, 4) is 11.3 Å². The first kappa shape index (κ1) is 16.3. The maximum atomic E-state index is 12.2. The summed E-state index contributed by atoms with van der Waals surface area (Å²) in [4.78, 5) is 16.8. The summed E-state index contributed by atoms with van der Waals surface area (Å²) in [5.74, 6) is 0. The van der Waals surface area contributed by atoms with Crippen LogP contribution in [-0.2, 0) is 11.3 Å². The van der Waals surface area contributed by atoms with E-state index < -0.39 is 11.7 Å². The lowest BCUT2D eigenvalue weighted by atomic mass is 10.0. The van der Waals surface area contributed by atoms with E-state index in [-0.39, 0.29) is 6.04 Å². The quantitative estimate of drug-likeness (QED) is 0.847. The summed E-state index contributed by atoms with van der Waals surface area (Å²) in [6, 6.07) is 9.86. The number of alkyl carbamates (subject to hydrolysis) is 1. The largest absolute Gasteiger partial charge is 0.444 e. The van der Waals surface area contributed by atoms with Crippen molar-refractivity contribution in [2.45, 2.75) is 45.4 Å². The van der Waals surface area contributed by atoms with Crippen molar-refractivity contribution in [1.29, 1.82) is 0 Å². The molecule has 2 heterocycles. The Labute approximate surface area is 142 Å². The fraction of sp³-hybridized carbons (Fsp3) is 0.368. The molecule has 0 fully saturated rings. The summed E-state index contributed by atoms with van der Waals surface area (Å²) in [5.41, 5.74) is 2.44. The van der Waals surface area contributed by atoms with Crippen LogP contribution in [0.3, 0.4) is 0 Å². The van der Waals surface area contributed by atoms with Gasteiger partial charge in [0, 0.05) is 12.1 Å². The Hall–Kier alpha value is -2.56. The van der Waals surface area contributed by atoms with Crippen molar-refractivity contribution in [3.63, 3.8) is 0 Å². The summed E-state index contributed by atoms with van der Waals surface area (Å²) < 4.78 is 7.49. The molecule has 2 aromatic rings. The molecule has 0 saturated heterocycles. The van der Waals surface area contributed by atoms with Crippen molar-refractivity contribution < 1.29 is 9.53 Å². The Bertz CT molecular complexity index is 742. The molecule has 24 heavy (non-hydrogen) atoms. The van der Waals surface area contributed by atoms with Crippen LogP contribution < -0.4 is 5.32 Å². The molecule has 0 spiro atoms. The Morgan fingerprint density at radius 1 is 1.25 bits per heavy atom. The van der Waals surface area contributed by atoms with Gasteiger partial charge < -0.3 is 14.6 Å². The van der Waals surface area contributed by atoms with Gasteiger partial charge >= 0.3 is 6.09 Å². The number of carbonyl (C=O) groups is 1. The molecule has 1 aromatic heterocycles. The minimum Gasteiger partial charge on any atom is -0.444 e. The zero-order valence-corrected chi connectivity index (χ0v) is 14.3. The van der Waals surface area contributed by atoms with E-state index >= 15 is 0 Å². The summed E-state index contributed by atoms with van der Waals surface area (Å²) in [6.45, 7) is 6.33. The van der Waals surface area contributed by atoms with E-state index in [9.17, 15) is 4.79 Å². The number of carbonyl (C=O) groups excluding carboxylic acids is 1. The van der Waals surface area contributed by atoms with Crippen molar-refractivity contribution in [1.82, 2.24) is 14.9 Å². The molecule has 0 saturated carbocycles. The summed E-state index contributed by atoms with van der Waals surface area (Å²) in [7, 11) is 0. The van der Waals surface area contributed by atoms with Gasteiger partial charge in [0.1, 0.15) is 5.60 Å². The normalized spacial score (nSPS) is 17.0. The Balaban J connectivity index is 1.92. The lowest BCUT2D eigenvalue weighted by Crippen LogP contribution is -2.35. The van der Waals surface area contributed by atoms with E-state index in [1.54, 1.807) is 0 Å². The summed E-state index contributed by atoms with van der Waals surface area (Å²) in [5, 5.41) is 2.99. The molecule has 1 unspecified atom stereocenters. The molecule has 0 bridgehead atoms. The second kappa shape index (κ2) is 6.51. The lowest BCUT2D eigenvalue weighted by Gasteiger charge is -2.23. The van der Waals surface area contributed by atoms with Gasteiger partial charge in [-0.3, -0.25) is 0 Å². The van der Waals surface area contributed by atoms with Crippen LogP contribution in [0.15, 0.2) is 48.8 Å².